The van der Waals surface area contributed by atoms with Crippen LogP contribution in [0.3, 0.4) is 0 Å². The number of thiophene rings is 1. The van der Waals surface area contributed by atoms with Crippen molar-refractivity contribution in [3.8, 4) is 10.7 Å². The number of rotatable bonds is 9. The fraction of sp³-hybridized carbons (Fsp3) is 0.538. The van der Waals surface area contributed by atoms with Crippen molar-refractivity contribution in [2.45, 2.75) is 32.2 Å². The first-order valence-corrected chi connectivity index (χ1v) is 7.87. The third kappa shape index (κ3) is 5.24. The van der Waals surface area contributed by atoms with Crippen molar-refractivity contribution in [1.82, 2.24) is 25.5 Å². The summed E-state index contributed by atoms with van der Waals surface area (Å²) in [4.78, 5) is 14.0. The molecule has 0 saturated carbocycles. The van der Waals surface area contributed by atoms with Gasteiger partial charge in [-0.1, -0.05) is 18.9 Å². The quantitative estimate of drug-likeness (QED) is 0.676. The molecule has 114 valence electrons. The van der Waals surface area contributed by atoms with Gasteiger partial charge in [-0.25, -0.2) is 0 Å². The average molecular weight is 309 g/mol. The van der Waals surface area contributed by atoms with Crippen LogP contribution in [0.4, 0.5) is 0 Å². The predicted octanol–water partition coefficient (Wildman–Crippen LogP) is 1.07. The number of nitrogens with one attached hydrogen (secondary N) is 1. The van der Waals surface area contributed by atoms with Crippen LogP contribution < -0.4 is 5.32 Å². The number of carbonyl (C=O) groups is 1. The van der Waals surface area contributed by atoms with Crippen LogP contribution in [0.2, 0.25) is 0 Å². The summed E-state index contributed by atoms with van der Waals surface area (Å²) in [6.07, 6.45) is 3.73. The minimum atomic E-state index is -0.118. The van der Waals surface area contributed by atoms with Crippen molar-refractivity contribution < 1.29 is 9.90 Å². The lowest BCUT2D eigenvalue weighted by atomic mass is 10.2. The molecule has 0 radical (unpaired) electrons. The number of hydrogen-bond acceptors (Lipinski definition) is 6. The van der Waals surface area contributed by atoms with E-state index in [-0.39, 0.29) is 19.1 Å². The fourth-order valence-electron chi connectivity index (χ4n) is 1.82. The van der Waals surface area contributed by atoms with Crippen molar-refractivity contribution in [3.63, 3.8) is 0 Å². The van der Waals surface area contributed by atoms with Gasteiger partial charge in [0.15, 0.2) is 0 Å². The SMILES string of the molecule is O=C(Cn1nnc(-c2cccs2)n1)NCCCCCCO. The van der Waals surface area contributed by atoms with E-state index >= 15 is 0 Å². The van der Waals surface area contributed by atoms with Gasteiger partial charge in [0.05, 0.1) is 4.88 Å². The molecule has 7 nitrogen and oxygen atoms in total. The van der Waals surface area contributed by atoms with Crippen molar-refractivity contribution in [2.75, 3.05) is 13.2 Å². The molecule has 2 rings (SSSR count). The first-order chi connectivity index (χ1) is 10.3. The number of amides is 1. The van der Waals surface area contributed by atoms with Crippen LogP contribution in [0.1, 0.15) is 25.7 Å². The molecule has 0 saturated heterocycles. The zero-order valence-corrected chi connectivity index (χ0v) is 12.6. The number of hydrogen-bond donors (Lipinski definition) is 2. The summed E-state index contributed by atoms with van der Waals surface area (Å²) >= 11 is 1.53. The summed E-state index contributed by atoms with van der Waals surface area (Å²) in [7, 11) is 0. The molecule has 0 bridgehead atoms. The van der Waals surface area contributed by atoms with E-state index in [1.807, 2.05) is 17.5 Å². The van der Waals surface area contributed by atoms with E-state index in [1.54, 1.807) is 0 Å². The van der Waals surface area contributed by atoms with Crippen molar-refractivity contribution in [2.24, 2.45) is 0 Å². The second-order valence-electron chi connectivity index (χ2n) is 4.61. The molecule has 0 spiro atoms. The average Bonchev–Trinajstić information content (AvgIpc) is 3.13. The molecule has 0 aliphatic rings. The molecule has 0 atom stereocenters. The van der Waals surface area contributed by atoms with Crippen molar-refractivity contribution in [1.29, 1.82) is 0 Å². The Bertz CT molecular complexity index is 541. The highest BCUT2D eigenvalue weighted by Gasteiger charge is 2.09. The normalized spacial score (nSPS) is 10.7. The third-order valence-electron chi connectivity index (χ3n) is 2.89. The first kappa shape index (κ1) is 15.6. The van der Waals surface area contributed by atoms with Crippen LogP contribution in [0, 0.1) is 0 Å². The molecule has 21 heavy (non-hydrogen) atoms. The maximum absolute atomic E-state index is 11.7. The van der Waals surface area contributed by atoms with Gasteiger partial charge in [0, 0.05) is 13.2 Å². The van der Waals surface area contributed by atoms with Gasteiger partial charge in [-0.2, -0.15) is 4.80 Å². The molecule has 2 heterocycles. The molecule has 8 heteroatoms. The lowest BCUT2D eigenvalue weighted by Gasteiger charge is -2.03. The molecule has 0 aliphatic heterocycles. The fourth-order valence-corrected chi connectivity index (χ4v) is 2.47. The lowest BCUT2D eigenvalue weighted by molar-refractivity contribution is -0.122. The number of tetrazole rings is 1. The Morgan fingerprint density at radius 3 is 2.95 bits per heavy atom. The topological polar surface area (TPSA) is 92.9 Å². The smallest absolute Gasteiger partial charge is 0.243 e. The van der Waals surface area contributed by atoms with Gasteiger partial charge < -0.3 is 10.4 Å². The van der Waals surface area contributed by atoms with Crippen LogP contribution >= 0.6 is 11.3 Å². The monoisotopic (exact) mass is 309 g/mol. The molecule has 0 fully saturated rings. The number of carbonyl (C=O) groups excluding carboxylic acids is 1. The summed E-state index contributed by atoms with van der Waals surface area (Å²) in [6.45, 7) is 0.947. The van der Waals surface area contributed by atoms with E-state index in [0.717, 1.165) is 30.6 Å². The minimum absolute atomic E-state index is 0.0784. The Balaban J connectivity index is 1.68. The lowest BCUT2D eigenvalue weighted by Crippen LogP contribution is -2.29. The Morgan fingerprint density at radius 1 is 1.33 bits per heavy atom. The third-order valence-corrected chi connectivity index (χ3v) is 3.75. The van der Waals surface area contributed by atoms with Crippen LogP contribution in [0.15, 0.2) is 17.5 Å². The molecule has 1 amide bonds. The van der Waals surface area contributed by atoms with Gasteiger partial charge in [0.25, 0.3) is 0 Å². The highest BCUT2D eigenvalue weighted by molar-refractivity contribution is 7.13. The van der Waals surface area contributed by atoms with E-state index in [0.29, 0.717) is 12.4 Å². The van der Waals surface area contributed by atoms with Gasteiger partial charge in [-0.3, -0.25) is 4.79 Å². The first-order valence-electron chi connectivity index (χ1n) is 6.99. The van der Waals surface area contributed by atoms with Crippen LogP contribution in [-0.4, -0.2) is 44.4 Å². The molecule has 2 N–H and O–H groups in total. The minimum Gasteiger partial charge on any atom is -0.396 e. The Kier molecular flexibility index (Phi) is 6.29. The van der Waals surface area contributed by atoms with Crippen LogP contribution in [0.5, 0.6) is 0 Å². The van der Waals surface area contributed by atoms with E-state index in [9.17, 15) is 4.79 Å². The number of nitrogens with zero attached hydrogens (tertiary/aromatic N) is 4. The highest BCUT2D eigenvalue weighted by Crippen LogP contribution is 2.19. The largest absolute Gasteiger partial charge is 0.396 e. The highest BCUT2D eigenvalue weighted by atomic mass is 32.1. The summed E-state index contributed by atoms with van der Waals surface area (Å²) in [5, 5.41) is 25.4. The summed E-state index contributed by atoms with van der Waals surface area (Å²) < 4.78 is 0. The van der Waals surface area contributed by atoms with E-state index in [4.69, 9.17) is 5.11 Å². The summed E-state index contributed by atoms with van der Waals surface area (Å²) in [5.74, 6) is 0.425. The molecular formula is C13H19N5O2S. The number of aliphatic hydroxyl groups excluding tert-OH is 1. The van der Waals surface area contributed by atoms with E-state index in [2.05, 4.69) is 20.7 Å². The van der Waals surface area contributed by atoms with Crippen molar-refractivity contribution >= 4 is 17.2 Å². The zero-order chi connectivity index (χ0) is 14.9. The molecule has 2 aromatic rings. The summed E-state index contributed by atoms with van der Waals surface area (Å²) in [5.41, 5.74) is 0. The molecule has 2 aromatic heterocycles. The Hall–Kier alpha value is -1.80. The van der Waals surface area contributed by atoms with Gasteiger partial charge in [0.2, 0.25) is 11.7 Å². The van der Waals surface area contributed by atoms with Gasteiger partial charge >= 0.3 is 0 Å². The van der Waals surface area contributed by atoms with Crippen LogP contribution in [-0.2, 0) is 11.3 Å². The second-order valence-corrected chi connectivity index (χ2v) is 5.56. The van der Waals surface area contributed by atoms with Gasteiger partial charge in [-0.05, 0) is 29.5 Å². The Morgan fingerprint density at radius 2 is 2.19 bits per heavy atom. The maximum Gasteiger partial charge on any atom is 0.243 e. The predicted molar refractivity (Wildman–Crippen MR) is 79.7 cm³/mol. The molecule has 0 aliphatic carbocycles. The van der Waals surface area contributed by atoms with Gasteiger partial charge in [0.1, 0.15) is 6.54 Å². The number of aromatic nitrogens is 4. The van der Waals surface area contributed by atoms with Crippen LogP contribution in [0.25, 0.3) is 10.7 Å². The van der Waals surface area contributed by atoms with Gasteiger partial charge in [-0.15, -0.1) is 21.5 Å². The zero-order valence-electron chi connectivity index (χ0n) is 11.7. The standard InChI is InChI=1S/C13H19N5O2S/c19-8-4-2-1-3-7-14-12(20)10-18-16-13(15-17-18)11-6-5-9-21-11/h5-6,9,19H,1-4,7-8,10H2,(H,14,20). The van der Waals surface area contributed by atoms with Crippen molar-refractivity contribution in [3.05, 3.63) is 17.5 Å². The number of aliphatic hydroxyl groups is 1. The Labute approximate surface area is 127 Å². The van der Waals surface area contributed by atoms with E-state index in [1.165, 1.54) is 16.1 Å². The molecular weight excluding hydrogens is 290 g/mol. The van der Waals surface area contributed by atoms with E-state index < -0.39 is 0 Å². The molecule has 0 unspecified atom stereocenters. The second kappa shape index (κ2) is 8.48. The molecule has 0 aromatic carbocycles. The summed E-state index contributed by atoms with van der Waals surface area (Å²) in [6, 6.07) is 3.84. The number of unbranched alkanes of at least 4 members (excludes halogenated alkanes) is 3. The maximum atomic E-state index is 11.7.